The van der Waals surface area contributed by atoms with Crippen LogP contribution in [0.15, 0.2) is 48.5 Å². The van der Waals surface area contributed by atoms with Crippen LogP contribution in [-0.4, -0.2) is 57.2 Å². The molecule has 0 saturated carbocycles. The van der Waals surface area contributed by atoms with Gasteiger partial charge in [0.15, 0.2) is 0 Å². The van der Waals surface area contributed by atoms with Crippen LogP contribution >= 0.6 is 0 Å². The van der Waals surface area contributed by atoms with Crippen LogP contribution in [0.3, 0.4) is 0 Å². The van der Waals surface area contributed by atoms with Gasteiger partial charge in [0.1, 0.15) is 11.6 Å². The molecule has 0 radical (unpaired) electrons. The molecule has 1 aliphatic heterocycles. The molecule has 1 saturated heterocycles. The lowest BCUT2D eigenvalue weighted by Gasteiger charge is -2.36. The maximum absolute atomic E-state index is 13.9. The molecule has 0 aromatic heterocycles. The number of piperazine rings is 1. The summed E-state index contributed by atoms with van der Waals surface area (Å²) >= 11 is 0. The highest BCUT2D eigenvalue weighted by Gasteiger charge is 2.22. The van der Waals surface area contributed by atoms with Crippen molar-refractivity contribution in [3.63, 3.8) is 0 Å². The summed E-state index contributed by atoms with van der Waals surface area (Å²) in [5.74, 6) is 0.724. The van der Waals surface area contributed by atoms with E-state index < -0.39 is 0 Å². The van der Waals surface area contributed by atoms with Crippen LogP contribution < -0.4 is 15.0 Å². The predicted molar refractivity (Wildman–Crippen MR) is 105 cm³/mol. The Balaban J connectivity index is 1.39. The van der Waals surface area contributed by atoms with E-state index in [-0.39, 0.29) is 11.7 Å². The van der Waals surface area contributed by atoms with Crippen molar-refractivity contribution in [1.82, 2.24) is 10.2 Å². The van der Waals surface area contributed by atoms with Crippen LogP contribution in [0, 0.1) is 5.82 Å². The molecule has 144 valence electrons. The second-order valence-electron chi connectivity index (χ2n) is 6.60. The van der Waals surface area contributed by atoms with Gasteiger partial charge in [0.2, 0.25) is 5.91 Å². The molecule has 2 aromatic carbocycles. The van der Waals surface area contributed by atoms with Crippen molar-refractivity contribution >= 4 is 11.6 Å². The zero-order valence-electron chi connectivity index (χ0n) is 15.7. The molecule has 5 nitrogen and oxygen atoms in total. The van der Waals surface area contributed by atoms with Gasteiger partial charge in [-0.25, -0.2) is 4.39 Å². The van der Waals surface area contributed by atoms with Gasteiger partial charge < -0.3 is 19.9 Å². The molecule has 2 aromatic rings. The maximum atomic E-state index is 13.9. The number of benzene rings is 2. The standard InChI is InChI=1S/C21H26FN3O2/c1-27-18-6-4-5-17(15-18)9-10-23-16-21(26)25-13-11-24(12-14-25)20-8-3-2-7-19(20)22/h2-8,15,23H,9-14,16H2,1H3. The molecule has 0 aliphatic carbocycles. The Morgan fingerprint density at radius 2 is 1.89 bits per heavy atom. The van der Waals surface area contributed by atoms with Gasteiger partial charge in [-0.1, -0.05) is 24.3 Å². The molecular weight excluding hydrogens is 345 g/mol. The van der Waals surface area contributed by atoms with E-state index in [2.05, 4.69) is 5.32 Å². The first-order chi connectivity index (χ1) is 13.2. The molecule has 0 spiro atoms. The Morgan fingerprint density at radius 3 is 2.63 bits per heavy atom. The van der Waals surface area contributed by atoms with Gasteiger partial charge >= 0.3 is 0 Å². The Labute approximate surface area is 159 Å². The Kier molecular flexibility index (Phi) is 6.65. The quantitative estimate of drug-likeness (QED) is 0.759. The smallest absolute Gasteiger partial charge is 0.236 e. The summed E-state index contributed by atoms with van der Waals surface area (Å²) < 4.78 is 19.1. The topological polar surface area (TPSA) is 44.8 Å². The zero-order valence-corrected chi connectivity index (χ0v) is 15.7. The lowest BCUT2D eigenvalue weighted by Crippen LogP contribution is -2.51. The Bertz CT molecular complexity index is 761. The van der Waals surface area contributed by atoms with Gasteiger partial charge in [-0.3, -0.25) is 4.79 Å². The van der Waals surface area contributed by atoms with E-state index in [1.165, 1.54) is 11.6 Å². The van der Waals surface area contributed by atoms with Gasteiger partial charge in [-0.2, -0.15) is 0 Å². The molecule has 1 heterocycles. The van der Waals surface area contributed by atoms with E-state index >= 15 is 0 Å². The number of nitrogens with zero attached hydrogens (tertiary/aromatic N) is 2. The first-order valence-corrected chi connectivity index (χ1v) is 9.28. The summed E-state index contributed by atoms with van der Waals surface area (Å²) in [6, 6.07) is 14.7. The first kappa shape index (κ1) is 19.2. The van der Waals surface area contributed by atoms with Gasteiger partial charge in [-0.15, -0.1) is 0 Å². The summed E-state index contributed by atoms with van der Waals surface area (Å²) in [5, 5.41) is 3.21. The minimum absolute atomic E-state index is 0.0915. The Morgan fingerprint density at radius 1 is 1.11 bits per heavy atom. The molecule has 1 N–H and O–H groups in total. The summed E-state index contributed by atoms with van der Waals surface area (Å²) in [6.45, 7) is 3.58. The number of para-hydroxylation sites is 1. The van der Waals surface area contributed by atoms with Crippen molar-refractivity contribution in [3.05, 3.63) is 59.9 Å². The number of amides is 1. The molecule has 3 rings (SSSR count). The van der Waals surface area contributed by atoms with Crippen molar-refractivity contribution in [3.8, 4) is 5.75 Å². The average Bonchev–Trinajstić information content (AvgIpc) is 2.72. The SMILES string of the molecule is COc1cccc(CCNCC(=O)N2CCN(c3ccccc3F)CC2)c1. The number of hydrogen-bond acceptors (Lipinski definition) is 4. The van der Waals surface area contributed by atoms with Crippen LogP contribution in [0.5, 0.6) is 5.75 Å². The maximum Gasteiger partial charge on any atom is 0.236 e. The van der Waals surface area contributed by atoms with E-state index in [0.717, 1.165) is 18.7 Å². The highest BCUT2D eigenvalue weighted by atomic mass is 19.1. The number of ether oxygens (including phenoxy) is 1. The minimum Gasteiger partial charge on any atom is -0.497 e. The van der Waals surface area contributed by atoms with Crippen molar-refractivity contribution in [2.75, 3.05) is 51.3 Å². The summed E-state index contributed by atoms with van der Waals surface area (Å²) in [7, 11) is 1.65. The highest BCUT2D eigenvalue weighted by molar-refractivity contribution is 5.78. The van der Waals surface area contributed by atoms with E-state index in [9.17, 15) is 9.18 Å². The fraction of sp³-hybridized carbons (Fsp3) is 0.381. The van der Waals surface area contributed by atoms with Crippen LogP contribution in [0.2, 0.25) is 0 Å². The molecule has 0 unspecified atom stereocenters. The van der Waals surface area contributed by atoms with Crippen LogP contribution in [0.1, 0.15) is 5.56 Å². The number of rotatable bonds is 7. The number of nitrogens with one attached hydrogen (secondary N) is 1. The van der Waals surface area contributed by atoms with Crippen molar-refractivity contribution in [2.45, 2.75) is 6.42 Å². The average molecular weight is 371 g/mol. The lowest BCUT2D eigenvalue weighted by molar-refractivity contribution is -0.130. The number of carbonyl (C=O) groups excluding carboxylic acids is 1. The minimum atomic E-state index is -0.212. The van der Waals surface area contributed by atoms with Crippen LogP contribution in [-0.2, 0) is 11.2 Å². The third-order valence-electron chi connectivity index (χ3n) is 4.83. The normalized spacial score (nSPS) is 14.3. The summed E-state index contributed by atoms with van der Waals surface area (Å²) in [6.07, 6.45) is 0.839. The first-order valence-electron chi connectivity index (χ1n) is 9.28. The molecular formula is C21H26FN3O2. The van der Waals surface area contributed by atoms with E-state index in [4.69, 9.17) is 4.74 Å². The number of carbonyl (C=O) groups is 1. The van der Waals surface area contributed by atoms with Gasteiger partial charge in [0.25, 0.3) is 0 Å². The second kappa shape index (κ2) is 9.37. The molecule has 27 heavy (non-hydrogen) atoms. The fourth-order valence-electron chi connectivity index (χ4n) is 3.27. The van der Waals surface area contributed by atoms with Crippen LogP contribution in [0.4, 0.5) is 10.1 Å². The predicted octanol–water partition coefficient (Wildman–Crippen LogP) is 2.32. The number of hydrogen-bond donors (Lipinski definition) is 1. The monoisotopic (exact) mass is 371 g/mol. The molecule has 6 heteroatoms. The number of halogens is 1. The molecule has 1 fully saturated rings. The second-order valence-corrected chi connectivity index (χ2v) is 6.60. The van der Waals surface area contributed by atoms with E-state index in [0.29, 0.717) is 38.4 Å². The van der Waals surface area contributed by atoms with Crippen molar-refractivity contribution in [2.24, 2.45) is 0 Å². The summed E-state index contributed by atoms with van der Waals surface area (Å²) in [4.78, 5) is 16.2. The third-order valence-corrected chi connectivity index (χ3v) is 4.83. The summed E-state index contributed by atoms with van der Waals surface area (Å²) in [5.41, 5.74) is 1.79. The van der Waals surface area contributed by atoms with Gasteiger partial charge in [-0.05, 0) is 42.8 Å². The molecule has 0 bridgehead atoms. The van der Waals surface area contributed by atoms with Gasteiger partial charge in [0, 0.05) is 26.2 Å². The Hall–Kier alpha value is -2.60. The fourth-order valence-corrected chi connectivity index (χ4v) is 3.27. The largest absolute Gasteiger partial charge is 0.497 e. The third kappa shape index (κ3) is 5.20. The molecule has 0 atom stereocenters. The van der Waals surface area contributed by atoms with Gasteiger partial charge in [0.05, 0.1) is 19.3 Å². The van der Waals surface area contributed by atoms with E-state index in [1.54, 1.807) is 19.2 Å². The van der Waals surface area contributed by atoms with Crippen molar-refractivity contribution < 1.29 is 13.9 Å². The van der Waals surface area contributed by atoms with Crippen LogP contribution in [0.25, 0.3) is 0 Å². The highest BCUT2D eigenvalue weighted by Crippen LogP contribution is 2.20. The number of anilines is 1. The lowest BCUT2D eigenvalue weighted by atomic mass is 10.1. The van der Waals surface area contributed by atoms with E-state index in [1.807, 2.05) is 40.1 Å². The number of methoxy groups -OCH3 is 1. The molecule has 1 amide bonds. The molecule has 1 aliphatic rings. The zero-order chi connectivity index (χ0) is 19.1. The van der Waals surface area contributed by atoms with Crippen molar-refractivity contribution in [1.29, 1.82) is 0 Å².